The topological polar surface area (TPSA) is 46.2 Å². The Kier molecular flexibility index (Phi) is 6.61. The van der Waals surface area contributed by atoms with E-state index in [1.54, 1.807) is 12.1 Å². The molecular formula is C11H14Br2ClNO2S. The maximum Gasteiger partial charge on any atom is 0.242 e. The molecule has 0 aliphatic rings. The van der Waals surface area contributed by atoms with E-state index in [4.69, 9.17) is 11.6 Å². The highest BCUT2D eigenvalue weighted by molar-refractivity contribution is 9.10. The van der Waals surface area contributed by atoms with Gasteiger partial charge in [0.25, 0.3) is 0 Å². The fraction of sp³-hybridized carbons (Fsp3) is 0.455. The monoisotopic (exact) mass is 417 g/mol. The maximum atomic E-state index is 12.0. The van der Waals surface area contributed by atoms with Crippen LogP contribution in [0, 0.1) is 0 Å². The summed E-state index contributed by atoms with van der Waals surface area (Å²) in [4.78, 5) is 0.232. The molecule has 0 saturated heterocycles. The molecule has 0 aliphatic carbocycles. The van der Waals surface area contributed by atoms with Gasteiger partial charge in [0, 0.05) is 15.8 Å². The highest BCUT2D eigenvalue weighted by Crippen LogP contribution is 2.25. The lowest BCUT2D eigenvalue weighted by Crippen LogP contribution is -2.29. The van der Waals surface area contributed by atoms with Crippen LogP contribution in [0.1, 0.15) is 19.8 Å². The smallest absolute Gasteiger partial charge is 0.210 e. The van der Waals surface area contributed by atoms with Crippen molar-refractivity contribution in [3.63, 3.8) is 0 Å². The largest absolute Gasteiger partial charge is 0.242 e. The fourth-order valence-corrected chi connectivity index (χ4v) is 4.34. The summed E-state index contributed by atoms with van der Waals surface area (Å²) in [6.07, 6.45) is 1.91. The molecule has 1 rings (SSSR count). The molecule has 1 aromatic rings. The predicted molar refractivity (Wildman–Crippen MR) is 82.0 cm³/mol. The summed E-state index contributed by atoms with van der Waals surface area (Å²) >= 11 is 12.6. The Morgan fingerprint density at radius 3 is 2.67 bits per heavy atom. The Hall–Kier alpha value is 0.380. The zero-order chi connectivity index (χ0) is 13.8. The molecule has 1 N–H and O–H groups in total. The minimum Gasteiger partial charge on any atom is -0.210 e. The van der Waals surface area contributed by atoms with E-state index >= 15 is 0 Å². The molecule has 0 heterocycles. The van der Waals surface area contributed by atoms with Gasteiger partial charge in [-0.25, -0.2) is 13.1 Å². The molecule has 7 heteroatoms. The first kappa shape index (κ1) is 16.4. The highest BCUT2D eigenvalue weighted by atomic mass is 79.9. The van der Waals surface area contributed by atoms with Crippen LogP contribution >= 0.6 is 43.5 Å². The second-order valence-corrected chi connectivity index (χ2v) is 8.17. The summed E-state index contributed by atoms with van der Waals surface area (Å²) in [5.41, 5.74) is 0. The first-order valence-electron chi connectivity index (χ1n) is 5.45. The molecule has 1 aromatic carbocycles. The standard InChI is InChI=1S/C11H14Br2ClNO2S/c1-2-3-9(13)7-15-18(16,17)11-5-4-8(12)6-10(11)14/h4-6,9,15H,2-3,7H2,1H3. The van der Waals surface area contributed by atoms with E-state index in [0.29, 0.717) is 6.54 Å². The van der Waals surface area contributed by atoms with Gasteiger partial charge in [-0.15, -0.1) is 0 Å². The zero-order valence-electron chi connectivity index (χ0n) is 9.79. The molecule has 0 saturated carbocycles. The van der Waals surface area contributed by atoms with E-state index in [1.807, 2.05) is 6.92 Å². The average molecular weight is 420 g/mol. The minimum atomic E-state index is -3.55. The third kappa shape index (κ3) is 4.81. The second-order valence-electron chi connectivity index (χ2n) is 3.81. The van der Waals surface area contributed by atoms with Crippen molar-refractivity contribution in [2.75, 3.05) is 6.54 Å². The molecule has 0 bridgehead atoms. The van der Waals surface area contributed by atoms with Crippen LogP contribution in [-0.2, 0) is 10.0 Å². The Balaban J connectivity index is 2.80. The van der Waals surface area contributed by atoms with Crippen LogP contribution in [0.4, 0.5) is 0 Å². The fourth-order valence-electron chi connectivity index (χ4n) is 1.39. The Morgan fingerprint density at radius 1 is 1.44 bits per heavy atom. The van der Waals surface area contributed by atoms with E-state index in [-0.39, 0.29) is 14.7 Å². The molecule has 1 atom stereocenters. The number of sulfonamides is 1. The van der Waals surface area contributed by atoms with Crippen LogP contribution in [0.2, 0.25) is 5.02 Å². The van der Waals surface area contributed by atoms with Gasteiger partial charge in [0.05, 0.1) is 5.02 Å². The van der Waals surface area contributed by atoms with Crippen LogP contribution < -0.4 is 4.72 Å². The van der Waals surface area contributed by atoms with Crippen LogP contribution in [0.25, 0.3) is 0 Å². The quantitative estimate of drug-likeness (QED) is 0.710. The Morgan fingerprint density at radius 2 is 2.11 bits per heavy atom. The Bertz CT molecular complexity index is 508. The van der Waals surface area contributed by atoms with Crippen molar-refractivity contribution in [1.82, 2.24) is 4.72 Å². The van der Waals surface area contributed by atoms with Gasteiger partial charge in [-0.05, 0) is 24.6 Å². The maximum absolute atomic E-state index is 12.0. The Labute approximate surface area is 130 Å². The molecule has 1 unspecified atom stereocenters. The number of hydrogen-bond acceptors (Lipinski definition) is 2. The molecule has 0 fully saturated rings. The van der Waals surface area contributed by atoms with Crippen LogP contribution in [0.15, 0.2) is 27.6 Å². The van der Waals surface area contributed by atoms with E-state index in [1.165, 1.54) is 6.07 Å². The van der Waals surface area contributed by atoms with Crippen molar-refractivity contribution in [1.29, 1.82) is 0 Å². The van der Waals surface area contributed by atoms with Crippen molar-refractivity contribution < 1.29 is 8.42 Å². The van der Waals surface area contributed by atoms with Crippen molar-refractivity contribution in [2.45, 2.75) is 29.5 Å². The lowest BCUT2D eigenvalue weighted by atomic mass is 10.2. The molecular weight excluding hydrogens is 405 g/mol. The molecule has 0 amide bonds. The lowest BCUT2D eigenvalue weighted by Gasteiger charge is -2.11. The van der Waals surface area contributed by atoms with Crippen LogP contribution in [0.5, 0.6) is 0 Å². The van der Waals surface area contributed by atoms with Gasteiger partial charge >= 0.3 is 0 Å². The molecule has 102 valence electrons. The summed E-state index contributed by atoms with van der Waals surface area (Å²) in [5, 5.41) is 0.207. The number of nitrogens with one attached hydrogen (secondary N) is 1. The van der Waals surface area contributed by atoms with Gasteiger partial charge in [-0.3, -0.25) is 0 Å². The number of hydrogen-bond donors (Lipinski definition) is 1. The normalized spacial score (nSPS) is 13.6. The third-order valence-electron chi connectivity index (χ3n) is 2.28. The molecule has 3 nitrogen and oxygen atoms in total. The number of rotatable bonds is 6. The summed E-state index contributed by atoms with van der Waals surface area (Å²) < 4.78 is 27.4. The molecule has 18 heavy (non-hydrogen) atoms. The number of alkyl halides is 1. The third-order valence-corrected chi connectivity index (χ3v) is 5.46. The van der Waals surface area contributed by atoms with E-state index in [0.717, 1.165) is 17.3 Å². The minimum absolute atomic E-state index is 0.101. The van der Waals surface area contributed by atoms with Crippen LogP contribution in [-0.4, -0.2) is 19.8 Å². The first-order valence-corrected chi connectivity index (χ1v) is 9.02. The van der Waals surface area contributed by atoms with Gasteiger partial charge in [0.15, 0.2) is 0 Å². The van der Waals surface area contributed by atoms with Crippen molar-refractivity contribution in [2.24, 2.45) is 0 Å². The number of benzene rings is 1. The van der Waals surface area contributed by atoms with Crippen LogP contribution in [0.3, 0.4) is 0 Å². The first-order chi connectivity index (χ1) is 8.36. The van der Waals surface area contributed by atoms with Gasteiger partial charge < -0.3 is 0 Å². The van der Waals surface area contributed by atoms with Gasteiger partial charge in [-0.1, -0.05) is 56.8 Å². The van der Waals surface area contributed by atoms with Gasteiger partial charge in [-0.2, -0.15) is 0 Å². The molecule has 0 radical (unpaired) electrons. The van der Waals surface area contributed by atoms with Crippen molar-refractivity contribution in [3.8, 4) is 0 Å². The summed E-state index contributed by atoms with van der Waals surface area (Å²) in [6.45, 7) is 2.40. The summed E-state index contributed by atoms with van der Waals surface area (Å²) in [7, 11) is -3.55. The zero-order valence-corrected chi connectivity index (χ0v) is 14.5. The molecule has 0 aliphatic heterocycles. The lowest BCUT2D eigenvalue weighted by molar-refractivity contribution is 0.578. The molecule has 0 spiro atoms. The number of halogens is 3. The van der Waals surface area contributed by atoms with E-state index in [9.17, 15) is 8.42 Å². The van der Waals surface area contributed by atoms with Gasteiger partial charge in [0.2, 0.25) is 10.0 Å². The summed E-state index contributed by atoms with van der Waals surface area (Å²) in [6, 6.07) is 4.70. The van der Waals surface area contributed by atoms with Crippen molar-refractivity contribution in [3.05, 3.63) is 27.7 Å². The van der Waals surface area contributed by atoms with E-state index in [2.05, 4.69) is 36.6 Å². The van der Waals surface area contributed by atoms with Crippen molar-refractivity contribution >= 4 is 53.5 Å². The second kappa shape index (κ2) is 7.24. The van der Waals surface area contributed by atoms with Gasteiger partial charge in [0.1, 0.15) is 4.90 Å². The molecule has 0 aromatic heterocycles. The highest BCUT2D eigenvalue weighted by Gasteiger charge is 2.18. The average Bonchev–Trinajstić information content (AvgIpc) is 2.26. The SMILES string of the molecule is CCCC(Br)CNS(=O)(=O)c1ccc(Br)cc1Cl. The summed E-state index contributed by atoms with van der Waals surface area (Å²) in [5.74, 6) is 0. The van der Waals surface area contributed by atoms with E-state index < -0.39 is 10.0 Å². The predicted octanol–water partition coefficient (Wildman–Crippen LogP) is 3.94.